The number of H-pyrrole nitrogens is 1. The second-order valence-electron chi connectivity index (χ2n) is 7.28. The molecule has 0 radical (unpaired) electrons. The Balaban J connectivity index is 1.36. The molecule has 0 aliphatic carbocycles. The van der Waals surface area contributed by atoms with Gasteiger partial charge in [0.25, 0.3) is 5.91 Å². The van der Waals surface area contributed by atoms with Gasteiger partial charge in [-0.15, -0.1) is 0 Å². The highest BCUT2D eigenvalue weighted by Gasteiger charge is 2.12. The Morgan fingerprint density at radius 1 is 0.971 bits per heavy atom. The van der Waals surface area contributed by atoms with E-state index in [0.717, 1.165) is 16.7 Å². The second kappa shape index (κ2) is 10.8. The minimum absolute atomic E-state index is 0.280. The molecule has 0 fully saturated rings. The van der Waals surface area contributed by atoms with Crippen LogP contribution in [0.3, 0.4) is 0 Å². The van der Waals surface area contributed by atoms with Gasteiger partial charge in [0.1, 0.15) is 18.1 Å². The predicted molar refractivity (Wildman–Crippen MR) is 129 cm³/mol. The fourth-order valence-electron chi connectivity index (χ4n) is 3.23. The maximum Gasteiger partial charge on any atom is 0.289 e. The Kier molecular flexibility index (Phi) is 7.19. The number of carbonyl (C=O) groups excluding carboxylic acids is 1. The van der Waals surface area contributed by atoms with E-state index in [-0.39, 0.29) is 5.69 Å². The molecular formula is C26H24N4O4. The smallest absolute Gasteiger partial charge is 0.289 e. The van der Waals surface area contributed by atoms with Gasteiger partial charge in [-0.1, -0.05) is 42.5 Å². The van der Waals surface area contributed by atoms with Gasteiger partial charge in [-0.25, -0.2) is 5.43 Å². The van der Waals surface area contributed by atoms with Crippen molar-refractivity contribution in [3.63, 3.8) is 0 Å². The van der Waals surface area contributed by atoms with Crippen molar-refractivity contribution in [3.05, 3.63) is 95.7 Å². The maximum atomic E-state index is 12.5. The first-order valence-corrected chi connectivity index (χ1v) is 10.5. The van der Waals surface area contributed by atoms with Crippen LogP contribution in [0.2, 0.25) is 0 Å². The molecule has 0 saturated heterocycles. The Hall–Kier alpha value is -4.59. The average Bonchev–Trinajstić information content (AvgIpc) is 3.38. The average molecular weight is 457 g/mol. The first-order chi connectivity index (χ1) is 16.7. The van der Waals surface area contributed by atoms with Crippen LogP contribution in [0.25, 0.3) is 11.3 Å². The SMILES string of the molecule is COc1ccc(-c2cc(C(=O)N/N=C\c3cccc(OCc4ccccc4)c3)[nH]n2)cc1OC. The van der Waals surface area contributed by atoms with E-state index < -0.39 is 5.91 Å². The fraction of sp³-hybridized carbons (Fsp3) is 0.115. The van der Waals surface area contributed by atoms with Crippen LogP contribution in [0.15, 0.2) is 84.0 Å². The zero-order valence-electron chi connectivity index (χ0n) is 18.8. The van der Waals surface area contributed by atoms with E-state index in [2.05, 4.69) is 20.7 Å². The van der Waals surface area contributed by atoms with Crippen molar-refractivity contribution in [1.82, 2.24) is 15.6 Å². The predicted octanol–water partition coefficient (Wildman–Crippen LogP) is 4.44. The number of hydrogen-bond donors (Lipinski definition) is 2. The molecule has 1 amide bonds. The summed E-state index contributed by atoms with van der Waals surface area (Å²) in [4.78, 5) is 12.5. The highest BCUT2D eigenvalue weighted by molar-refractivity contribution is 5.94. The molecule has 0 unspecified atom stereocenters. The molecule has 4 rings (SSSR count). The lowest BCUT2D eigenvalue weighted by molar-refractivity contribution is 0.0950. The van der Waals surface area contributed by atoms with E-state index >= 15 is 0 Å². The maximum absolute atomic E-state index is 12.5. The second-order valence-corrected chi connectivity index (χ2v) is 7.28. The highest BCUT2D eigenvalue weighted by atomic mass is 16.5. The third-order valence-corrected chi connectivity index (χ3v) is 4.99. The number of hydrogen-bond acceptors (Lipinski definition) is 6. The summed E-state index contributed by atoms with van der Waals surface area (Å²) in [6, 6.07) is 24.4. The number of hydrazone groups is 1. The largest absolute Gasteiger partial charge is 0.493 e. The zero-order valence-corrected chi connectivity index (χ0v) is 18.8. The monoisotopic (exact) mass is 456 g/mol. The molecule has 0 saturated carbocycles. The molecule has 172 valence electrons. The summed E-state index contributed by atoms with van der Waals surface area (Å²) in [5, 5.41) is 11.0. The van der Waals surface area contributed by atoms with Gasteiger partial charge >= 0.3 is 0 Å². The minimum Gasteiger partial charge on any atom is -0.493 e. The Labute approximate surface area is 197 Å². The molecule has 0 atom stereocenters. The third kappa shape index (κ3) is 5.60. The number of rotatable bonds is 9. The lowest BCUT2D eigenvalue weighted by Gasteiger charge is -2.08. The molecular weight excluding hydrogens is 432 g/mol. The zero-order chi connectivity index (χ0) is 23.8. The number of nitrogens with one attached hydrogen (secondary N) is 2. The number of nitrogens with zero attached hydrogens (tertiary/aromatic N) is 2. The van der Waals surface area contributed by atoms with Crippen LogP contribution < -0.4 is 19.6 Å². The number of benzene rings is 3. The fourth-order valence-corrected chi connectivity index (χ4v) is 3.23. The summed E-state index contributed by atoms with van der Waals surface area (Å²) < 4.78 is 16.4. The van der Waals surface area contributed by atoms with Crippen molar-refractivity contribution in [3.8, 4) is 28.5 Å². The highest BCUT2D eigenvalue weighted by Crippen LogP contribution is 2.31. The Bertz CT molecular complexity index is 1280. The number of aromatic amines is 1. The molecule has 1 heterocycles. The number of aromatic nitrogens is 2. The van der Waals surface area contributed by atoms with E-state index in [9.17, 15) is 4.79 Å². The van der Waals surface area contributed by atoms with Crippen LogP contribution in [0, 0.1) is 0 Å². The van der Waals surface area contributed by atoms with Crippen LogP contribution in [0.4, 0.5) is 0 Å². The number of carbonyl (C=O) groups is 1. The summed E-state index contributed by atoms with van der Waals surface area (Å²) in [7, 11) is 3.14. The number of methoxy groups -OCH3 is 2. The normalized spacial score (nSPS) is 10.8. The number of ether oxygens (including phenoxy) is 3. The van der Waals surface area contributed by atoms with Gasteiger partial charge in [0.05, 0.1) is 26.1 Å². The van der Waals surface area contributed by atoms with Crippen molar-refractivity contribution < 1.29 is 19.0 Å². The molecule has 2 N–H and O–H groups in total. The van der Waals surface area contributed by atoms with Crippen molar-refractivity contribution in [2.45, 2.75) is 6.61 Å². The molecule has 0 aliphatic rings. The first-order valence-electron chi connectivity index (χ1n) is 10.5. The summed E-state index contributed by atoms with van der Waals surface area (Å²) in [6.45, 7) is 0.473. The molecule has 1 aromatic heterocycles. The molecule has 0 bridgehead atoms. The van der Waals surface area contributed by atoms with Crippen LogP contribution >= 0.6 is 0 Å². The molecule has 0 aliphatic heterocycles. The minimum atomic E-state index is -0.410. The lowest BCUT2D eigenvalue weighted by Crippen LogP contribution is -2.18. The third-order valence-electron chi connectivity index (χ3n) is 4.99. The lowest BCUT2D eigenvalue weighted by atomic mass is 10.1. The van der Waals surface area contributed by atoms with Crippen molar-refractivity contribution in [1.29, 1.82) is 0 Å². The van der Waals surface area contributed by atoms with E-state index in [1.807, 2.05) is 60.7 Å². The van der Waals surface area contributed by atoms with Crippen LogP contribution in [-0.2, 0) is 6.61 Å². The van der Waals surface area contributed by atoms with E-state index in [0.29, 0.717) is 29.5 Å². The summed E-state index contributed by atoms with van der Waals surface area (Å²) >= 11 is 0. The van der Waals surface area contributed by atoms with Crippen molar-refractivity contribution in [2.75, 3.05) is 14.2 Å². The summed E-state index contributed by atoms with van der Waals surface area (Å²) in [5.74, 6) is 1.50. The van der Waals surface area contributed by atoms with Crippen molar-refractivity contribution >= 4 is 12.1 Å². The van der Waals surface area contributed by atoms with Crippen LogP contribution in [0.1, 0.15) is 21.6 Å². The quantitative estimate of drug-likeness (QED) is 0.287. The standard InChI is InChI=1S/C26H24N4O4/c1-32-24-12-11-20(14-25(24)33-2)22-15-23(29-28-22)26(31)30-27-16-19-9-6-10-21(13-19)34-17-18-7-4-3-5-8-18/h3-16H,17H2,1-2H3,(H,28,29)(H,30,31)/b27-16-. The van der Waals surface area contributed by atoms with E-state index in [4.69, 9.17) is 14.2 Å². The first kappa shape index (κ1) is 22.6. The van der Waals surface area contributed by atoms with Crippen LogP contribution in [0.5, 0.6) is 17.2 Å². The molecule has 8 nitrogen and oxygen atoms in total. The Morgan fingerprint density at radius 3 is 2.59 bits per heavy atom. The molecule has 4 aromatic rings. The molecule has 34 heavy (non-hydrogen) atoms. The summed E-state index contributed by atoms with van der Waals surface area (Å²) in [5.41, 5.74) is 6.04. The van der Waals surface area contributed by atoms with Gasteiger partial charge in [0, 0.05) is 5.56 Å². The Morgan fingerprint density at radius 2 is 1.79 bits per heavy atom. The van der Waals surface area contributed by atoms with E-state index in [1.165, 1.54) is 0 Å². The van der Waals surface area contributed by atoms with E-state index in [1.54, 1.807) is 38.6 Å². The van der Waals surface area contributed by atoms with Gasteiger partial charge in [-0.3, -0.25) is 9.89 Å². The van der Waals surface area contributed by atoms with Gasteiger partial charge in [0.2, 0.25) is 0 Å². The van der Waals surface area contributed by atoms with Gasteiger partial charge in [-0.2, -0.15) is 10.2 Å². The van der Waals surface area contributed by atoms with Gasteiger partial charge < -0.3 is 14.2 Å². The van der Waals surface area contributed by atoms with Gasteiger partial charge in [0.15, 0.2) is 11.5 Å². The molecule has 0 spiro atoms. The number of amides is 1. The van der Waals surface area contributed by atoms with Gasteiger partial charge in [-0.05, 0) is 47.5 Å². The molecule has 8 heteroatoms. The van der Waals surface area contributed by atoms with Crippen LogP contribution in [-0.4, -0.2) is 36.5 Å². The molecule has 3 aromatic carbocycles. The topological polar surface area (TPSA) is 97.8 Å². The van der Waals surface area contributed by atoms with Crippen molar-refractivity contribution in [2.24, 2.45) is 5.10 Å². The summed E-state index contributed by atoms with van der Waals surface area (Å²) in [6.07, 6.45) is 1.55.